The van der Waals surface area contributed by atoms with E-state index in [-0.39, 0.29) is 14.2 Å². The van der Waals surface area contributed by atoms with Gasteiger partial charge in [0.2, 0.25) is 0 Å². The Kier molecular flexibility index (Phi) is 28.8. The molecular weight excluding hydrogens is 54.0 g/mol. The molecule has 0 aromatic carbocycles. The average Bonchev–Trinajstić information content (AvgIpc) is 0.918. The zero-order valence-electron chi connectivity index (χ0n) is 2.73. The van der Waals surface area contributed by atoms with Crippen molar-refractivity contribution in [2.45, 2.75) is 0 Å². The standard InChI is InChI=1S/CH5NO.CH3/c2-1-3;/h3H,1-2H2;1H3. The molecule has 2 nitrogen and oxygen atoms in total. The zero-order chi connectivity index (χ0) is 2.71. The van der Waals surface area contributed by atoms with Gasteiger partial charge in [-0.2, -0.15) is 0 Å². The molecule has 0 aliphatic rings. The maximum Gasteiger partial charge on any atom is 0.0906 e. The van der Waals surface area contributed by atoms with Crippen molar-refractivity contribution in [3.63, 3.8) is 0 Å². The summed E-state index contributed by atoms with van der Waals surface area (Å²) in [6.07, 6.45) is 0. The van der Waals surface area contributed by atoms with E-state index < -0.39 is 0 Å². The Morgan fingerprint density at radius 2 is 1.75 bits per heavy atom. The van der Waals surface area contributed by atoms with Crippen LogP contribution in [0.3, 0.4) is 0 Å². The zero-order valence-corrected chi connectivity index (χ0v) is 2.73. The van der Waals surface area contributed by atoms with Crippen molar-refractivity contribution in [1.82, 2.24) is 0 Å². The highest BCUT2D eigenvalue weighted by Crippen LogP contribution is 1.04. The lowest BCUT2D eigenvalue weighted by Gasteiger charge is -1.56. The molecule has 4 heavy (non-hydrogen) atoms. The van der Waals surface area contributed by atoms with E-state index in [1.807, 2.05) is 0 Å². The summed E-state index contributed by atoms with van der Waals surface area (Å²) in [6.45, 7) is -0.250. The first kappa shape index (κ1) is 9.07. The third-order valence-corrected chi connectivity index (χ3v) is 0. The molecular formula is C2H8NO. The van der Waals surface area contributed by atoms with Gasteiger partial charge in [-0.3, -0.25) is 0 Å². The van der Waals surface area contributed by atoms with E-state index in [1.54, 1.807) is 0 Å². The first-order valence-electron chi connectivity index (χ1n) is 0.724. The first-order valence-corrected chi connectivity index (χ1v) is 0.724. The van der Waals surface area contributed by atoms with Gasteiger partial charge in [-0.25, -0.2) is 0 Å². The Balaban J connectivity index is 0. The highest BCUT2D eigenvalue weighted by Gasteiger charge is 1.30. The molecule has 0 saturated carbocycles. The highest BCUT2D eigenvalue weighted by atomic mass is 16.3. The molecule has 0 spiro atoms. The molecule has 0 aliphatic carbocycles. The molecule has 1 radical (unpaired) electrons. The Bertz CT molecular complexity index is 6.00. The van der Waals surface area contributed by atoms with Gasteiger partial charge in [-0.05, 0) is 0 Å². The molecule has 0 heterocycles. The Hall–Kier alpha value is -0.0800. The lowest BCUT2D eigenvalue weighted by molar-refractivity contribution is 0.307. The summed E-state index contributed by atoms with van der Waals surface area (Å²) in [4.78, 5) is 0. The van der Waals surface area contributed by atoms with Crippen LogP contribution in [0.1, 0.15) is 0 Å². The number of rotatable bonds is 0. The number of hydrogen-bond acceptors (Lipinski definition) is 2. The van der Waals surface area contributed by atoms with Crippen molar-refractivity contribution < 1.29 is 5.11 Å². The number of aliphatic hydroxyl groups is 1. The molecule has 0 aromatic heterocycles. The minimum atomic E-state index is -0.250. The predicted octanol–water partition coefficient (Wildman–Crippen LogP) is -0.655. The van der Waals surface area contributed by atoms with Crippen LogP contribution in [0, 0.1) is 7.43 Å². The minimum absolute atomic E-state index is 0. The van der Waals surface area contributed by atoms with Gasteiger partial charge in [0.15, 0.2) is 0 Å². The molecule has 0 aromatic rings. The summed E-state index contributed by atoms with van der Waals surface area (Å²) >= 11 is 0. The summed E-state index contributed by atoms with van der Waals surface area (Å²) in [5.41, 5.74) is 4.40. The maximum absolute atomic E-state index is 7.35. The van der Waals surface area contributed by atoms with Crippen LogP contribution in [0.5, 0.6) is 0 Å². The lowest BCUT2D eigenvalue weighted by Crippen LogP contribution is -1.92. The van der Waals surface area contributed by atoms with Crippen molar-refractivity contribution >= 4 is 0 Å². The van der Waals surface area contributed by atoms with Crippen LogP contribution in [-0.2, 0) is 0 Å². The smallest absolute Gasteiger partial charge is 0.0906 e. The van der Waals surface area contributed by atoms with E-state index in [2.05, 4.69) is 5.73 Å². The van der Waals surface area contributed by atoms with Crippen molar-refractivity contribution in [2.24, 2.45) is 5.73 Å². The van der Waals surface area contributed by atoms with E-state index in [0.29, 0.717) is 0 Å². The minimum Gasteiger partial charge on any atom is -0.382 e. The second-order valence-corrected chi connectivity index (χ2v) is 0.183. The van der Waals surface area contributed by atoms with Crippen molar-refractivity contribution in [2.75, 3.05) is 6.73 Å². The van der Waals surface area contributed by atoms with Crippen LogP contribution in [-0.4, -0.2) is 11.8 Å². The van der Waals surface area contributed by atoms with Gasteiger partial charge in [0.05, 0.1) is 6.73 Å². The van der Waals surface area contributed by atoms with Gasteiger partial charge >= 0.3 is 0 Å². The van der Waals surface area contributed by atoms with Crippen LogP contribution in [0.25, 0.3) is 0 Å². The predicted molar refractivity (Wildman–Crippen MR) is 17.7 cm³/mol. The normalized spacial score (nSPS) is 4.50. The fourth-order valence-corrected chi connectivity index (χ4v) is 0. The fraction of sp³-hybridized carbons (Fsp3) is 0.500. The van der Waals surface area contributed by atoms with Gasteiger partial charge in [-0.15, -0.1) is 0 Å². The van der Waals surface area contributed by atoms with Crippen LogP contribution < -0.4 is 5.73 Å². The second-order valence-electron chi connectivity index (χ2n) is 0.183. The maximum atomic E-state index is 7.35. The van der Waals surface area contributed by atoms with Crippen LogP contribution in [0.15, 0.2) is 0 Å². The van der Waals surface area contributed by atoms with E-state index in [0.717, 1.165) is 0 Å². The molecule has 0 amide bonds. The van der Waals surface area contributed by atoms with E-state index >= 15 is 0 Å². The Morgan fingerprint density at radius 3 is 1.75 bits per heavy atom. The van der Waals surface area contributed by atoms with Crippen LogP contribution in [0.4, 0.5) is 0 Å². The number of aliphatic hydroxyl groups excluding tert-OH is 1. The molecule has 27 valence electrons. The van der Waals surface area contributed by atoms with E-state index in [9.17, 15) is 0 Å². The summed E-state index contributed by atoms with van der Waals surface area (Å²) in [5.74, 6) is 0. The molecule has 3 N–H and O–H groups in total. The average molecular weight is 62.1 g/mol. The summed E-state index contributed by atoms with van der Waals surface area (Å²) in [6, 6.07) is 0. The molecule has 0 fully saturated rings. The van der Waals surface area contributed by atoms with Crippen molar-refractivity contribution in [1.29, 1.82) is 0 Å². The van der Waals surface area contributed by atoms with Gasteiger partial charge in [0.1, 0.15) is 0 Å². The highest BCUT2D eigenvalue weighted by molar-refractivity contribution is 3.76. The molecule has 0 atom stereocenters. The van der Waals surface area contributed by atoms with E-state index in [1.165, 1.54) is 0 Å². The molecule has 0 bridgehead atoms. The summed E-state index contributed by atoms with van der Waals surface area (Å²) in [5, 5.41) is 7.35. The summed E-state index contributed by atoms with van der Waals surface area (Å²) in [7, 11) is 0. The number of nitrogens with two attached hydrogens (primary N) is 1. The summed E-state index contributed by atoms with van der Waals surface area (Å²) < 4.78 is 0. The monoisotopic (exact) mass is 62.1 g/mol. The van der Waals surface area contributed by atoms with Gasteiger partial charge in [-0.1, -0.05) is 7.43 Å². The SMILES string of the molecule is NCO.[CH3]. The van der Waals surface area contributed by atoms with E-state index in [4.69, 9.17) is 5.11 Å². The third kappa shape index (κ3) is 254. The first-order chi connectivity index (χ1) is 1.41. The molecule has 0 unspecified atom stereocenters. The lowest BCUT2D eigenvalue weighted by atomic mass is 11.4. The van der Waals surface area contributed by atoms with Crippen molar-refractivity contribution in [3.05, 3.63) is 7.43 Å². The van der Waals surface area contributed by atoms with Crippen molar-refractivity contribution in [3.8, 4) is 0 Å². The third-order valence-electron chi connectivity index (χ3n) is 0. The van der Waals surface area contributed by atoms with Gasteiger partial charge < -0.3 is 10.8 Å². The number of hydrogen-bond donors (Lipinski definition) is 2. The van der Waals surface area contributed by atoms with Crippen LogP contribution in [0.2, 0.25) is 0 Å². The molecule has 0 rings (SSSR count). The molecule has 0 aliphatic heterocycles. The fourth-order valence-electron chi connectivity index (χ4n) is 0. The molecule has 0 saturated heterocycles. The topological polar surface area (TPSA) is 46.2 Å². The van der Waals surface area contributed by atoms with Gasteiger partial charge in [0.25, 0.3) is 0 Å². The largest absolute Gasteiger partial charge is 0.382 e. The Morgan fingerprint density at radius 1 is 1.75 bits per heavy atom. The molecule has 2 heteroatoms. The van der Waals surface area contributed by atoms with Gasteiger partial charge in [0, 0.05) is 0 Å². The van der Waals surface area contributed by atoms with Crippen LogP contribution >= 0.6 is 0 Å². The Labute approximate surface area is 26.2 Å². The second kappa shape index (κ2) is 12.7. The quantitative estimate of drug-likeness (QED) is 0.366.